The first-order valence-electron chi connectivity index (χ1n) is 8.46. The van der Waals surface area contributed by atoms with Gasteiger partial charge >= 0.3 is 0 Å². The molecule has 0 fully saturated rings. The monoisotopic (exact) mass is 327 g/mol. The quantitative estimate of drug-likeness (QED) is 0.820. The summed E-state index contributed by atoms with van der Waals surface area (Å²) < 4.78 is 11.4. The van der Waals surface area contributed by atoms with Gasteiger partial charge in [0, 0.05) is 17.5 Å². The molecule has 0 saturated carbocycles. The van der Waals surface area contributed by atoms with Crippen LogP contribution in [0.5, 0.6) is 5.75 Å². The summed E-state index contributed by atoms with van der Waals surface area (Å²) in [5.74, 6) is 0.881. The van der Waals surface area contributed by atoms with Gasteiger partial charge in [0.15, 0.2) is 0 Å². The summed E-state index contributed by atoms with van der Waals surface area (Å²) >= 11 is 0. The first-order valence-corrected chi connectivity index (χ1v) is 8.46. The molecule has 0 aliphatic carbocycles. The number of aliphatic hydroxyl groups excluding tert-OH is 1. The summed E-state index contributed by atoms with van der Waals surface area (Å²) in [6.07, 6.45) is 0.845. The Morgan fingerprint density at radius 2 is 1.88 bits per heavy atom. The number of rotatable bonds is 7. The maximum atomic E-state index is 10.5. The van der Waals surface area contributed by atoms with Crippen molar-refractivity contribution < 1.29 is 14.6 Å². The molecule has 1 aliphatic rings. The average Bonchev–Trinajstić information content (AvgIpc) is 2.63. The minimum Gasteiger partial charge on any atom is -0.493 e. The lowest BCUT2D eigenvalue weighted by molar-refractivity contribution is 0.00886. The number of ether oxygens (including phenoxy) is 2. The van der Waals surface area contributed by atoms with E-state index in [0.717, 1.165) is 23.3 Å². The lowest BCUT2D eigenvalue weighted by atomic mass is 9.72. The highest BCUT2D eigenvalue weighted by molar-refractivity contribution is 5.42. The molecule has 24 heavy (non-hydrogen) atoms. The van der Waals surface area contributed by atoms with Crippen molar-refractivity contribution in [2.75, 3.05) is 19.8 Å². The van der Waals surface area contributed by atoms with Crippen LogP contribution in [0.15, 0.2) is 54.6 Å². The molecule has 0 spiro atoms. The molecule has 2 aromatic carbocycles. The number of fused-ring (bicyclic) bond motifs is 1. The second-order valence-corrected chi connectivity index (χ2v) is 6.44. The molecule has 2 unspecified atom stereocenters. The van der Waals surface area contributed by atoms with E-state index < -0.39 is 6.10 Å². The normalized spacial score (nSPS) is 20.9. The Kier molecular flexibility index (Phi) is 5.51. The zero-order chi connectivity index (χ0) is 16.8. The van der Waals surface area contributed by atoms with Crippen LogP contribution in [-0.4, -0.2) is 31.0 Å². The van der Waals surface area contributed by atoms with Gasteiger partial charge in [-0.2, -0.15) is 0 Å². The van der Waals surface area contributed by atoms with E-state index in [9.17, 15) is 5.11 Å². The second kappa shape index (κ2) is 7.79. The van der Waals surface area contributed by atoms with Crippen molar-refractivity contribution in [3.05, 3.63) is 65.7 Å². The van der Waals surface area contributed by atoms with Gasteiger partial charge in [-0.3, -0.25) is 0 Å². The van der Waals surface area contributed by atoms with Gasteiger partial charge in [0.1, 0.15) is 5.75 Å². The molecule has 0 saturated heterocycles. The Morgan fingerprint density at radius 3 is 2.67 bits per heavy atom. The largest absolute Gasteiger partial charge is 0.493 e. The van der Waals surface area contributed by atoms with Gasteiger partial charge in [0.2, 0.25) is 0 Å². The molecular weight excluding hydrogens is 302 g/mol. The van der Waals surface area contributed by atoms with Gasteiger partial charge in [-0.1, -0.05) is 48.5 Å². The number of para-hydroxylation sites is 1. The lowest BCUT2D eigenvalue weighted by Gasteiger charge is -2.39. The summed E-state index contributed by atoms with van der Waals surface area (Å²) in [6.45, 7) is 1.93. The van der Waals surface area contributed by atoms with E-state index in [4.69, 9.17) is 15.2 Å². The summed E-state index contributed by atoms with van der Waals surface area (Å²) in [5.41, 5.74) is 8.07. The lowest BCUT2D eigenvalue weighted by Crippen LogP contribution is -2.43. The molecule has 0 radical (unpaired) electrons. The maximum Gasteiger partial charge on any atom is 0.123 e. The van der Waals surface area contributed by atoms with Crippen molar-refractivity contribution in [2.24, 2.45) is 5.73 Å². The van der Waals surface area contributed by atoms with Crippen LogP contribution < -0.4 is 10.5 Å². The number of aliphatic hydroxyl groups is 1. The minimum absolute atomic E-state index is 0.246. The van der Waals surface area contributed by atoms with Crippen LogP contribution in [0.3, 0.4) is 0 Å². The number of hydrogen-bond donors (Lipinski definition) is 2. The van der Waals surface area contributed by atoms with Gasteiger partial charge < -0.3 is 20.3 Å². The Bertz CT molecular complexity index is 646. The van der Waals surface area contributed by atoms with E-state index in [1.165, 1.54) is 0 Å². The third-order valence-electron chi connectivity index (χ3n) is 4.74. The zero-order valence-electron chi connectivity index (χ0n) is 13.9. The third-order valence-corrected chi connectivity index (χ3v) is 4.74. The zero-order valence-corrected chi connectivity index (χ0v) is 13.9. The molecule has 3 N–H and O–H groups in total. The molecule has 4 heteroatoms. The molecule has 1 heterocycles. The highest BCUT2D eigenvalue weighted by atomic mass is 16.5. The summed E-state index contributed by atoms with van der Waals surface area (Å²) in [5, 5.41) is 10.5. The number of hydrogen-bond acceptors (Lipinski definition) is 4. The van der Waals surface area contributed by atoms with Crippen LogP contribution in [0.2, 0.25) is 0 Å². The molecule has 2 atom stereocenters. The summed E-state index contributed by atoms with van der Waals surface area (Å²) in [6, 6.07) is 18.0. The molecule has 0 aromatic heterocycles. The molecule has 1 aliphatic heterocycles. The van der Waals surface area contributed by atoms with E-state index in [0.29, 0.717) is 32.8 Å². The van der Waals surface area contributed by atoms with Crippen molar-refractivity contribution in [3.8, 4) is 5.75 Å². The first-order chi connectivity index (χ1) is 11.7. The smallest absolute Gasteiger partial charge is 0.123 e. The van der Waals surface area contributed by atoms with Crippen molar-refractivity contribution in [1.29, 1.82) is 0 Å². The minimum atomic E-state index is -0.552. The number of nitrogens with two attached hydrogens (primary N) is 1. The van der Waals surface area contributed by atoms with Crippen LogP contribution in [0.25, 0.3) is 0 Å². The fourth-order valence-electron chi connectivity index (χ4n) is 3.43. The van der Waals surface area contributed by atoms with Crippen molar-refractivity contribution in [3.63, 3.8) is 0 Å². The molecule has 2 aromatic rings. The van der Waals surface area contributed by atoms with Crippen LogP contribution in [0, 0.1) is 0 Å². The fourth-order valence-corrected chi connectivity index (χ4v) is 3.43. The van der Waals surface area contributed by atoms with Gasteiger partial charge in [0.25, 0.3) is 0 Å². The predicted molar refractivity (Wildman–Crippen MR) is 94.0 cm³/mol. The van der Waals surface area contributed by atoms with E-state index >= 15 is 0 Å². The number of benzene rings is 2. The van der Waals surface area contributed by atoms with Crippen LogP contribution in [0.4, 0.5) is 0 Å². The molecule has 0 amide bonds. The maximum absolute atomic E-state index is 10.5. The Morgan fingerprint density at radius 1 is 1.12 bits per heavy atom. The fraction of sp³-hybridized carbons (Fsp3) is 0.400. The molecular formula is C20H25NO3. The first kappa shape index (κ1) is 17.0. The topological polar surface area (TPSA) is 64.7 Å². The second-order valence-electron chi connectivity index (χ2n) is 6.44. The SMILES string of the molecule is NCC1(CC(O)COCc2ccccc2)CCOc2ccccc21. The van der Waals surface area contributed by atoms with Crippen molar-refractivity contribution in [1.82, 2.24) is 0 Å². The van der Waals surface area contributed by atoms with Gasteiger partial charge in [-0.25, -0.2) is 0 Å². The standard InChI is InChI=1S/C20H25NO3/c21-15-20(10-11-24-19-9-5-4-8-18(19)20)12-17(22)14-23-13-16-6-2-1-3-7-16/h1-9,17,22H,10-15,21H2. The van der Waals surface area contributed by atoms with Gasteiger partial charge in [-0.05, 0) is 24.5 Å². The van der Waals surface area contributed by atoms with Crippen LogP contribution >= 0.6 is 0 Å². The van der Waals surface area contributed by atoms with E-state index in [1.807, 2.05) is 48.5 Å². The average molecular weight is 327 g/mol. The molecule has 3 rings (SSSR count). The van der Waals surface area contributed by atoms with Crippen LogP contribution in [-0.2, 0) is 16.8 Å². The van der Waals surface area contributed by atoms with Gasteiger partial charge in [-0.15, -0.1) is 0 Å². The van der Waals surface area contributed by atoms with Crippen molar-refractivity contribution >= 4 is 0 Å². The van der Waals surface area contributed by atoms with E-state index in [-0.39, 0.29) is 5.41 Å². The molecule has 0 bridgehead atoms. The Balaban J connectivity index is 1.61. The summed E-state index contributed by atoms with van der Waals surface area (Å²) in [4.78, 5) is 0. The van der Waals surface area contributed by atoms with E-state index in [2.05, 4.69) is 6.07 Å². The Labute approximate surface area is 143 Å². The molecule has 128 valence electrons. The highest BCUT2D eigenvalue weighted by Crippen LogP contribution is 2.41. The predicted octanol–water partition coefficient (Wildman–Crippen LogP) is 2.63. The summed E-state index contributed by atoms with van der Waals surface area (Å²) in [7, 11) is 0. The Hall–Kier alpha value is -1.88. The molecule has 4 nitrogen and oxygen atoms in total. The van der Waals surface area contributed by atoms with Crippen LogP contribution in [0.1, 0.15) is 24.0 Å². The third kappa shape index (κ3) is 3.78. The van der Waals surface area contributed by atoms with E-state index in [1.54, 1.807) is 0 Å². The highest BCUT2D eigenvalue weighted by Gasteiger charge is 2.38. The van der Waals surface area contributed by atoms with Gasteiger partial charge in [0.05, 0.1) is 25.9 Å². The van der Waals surface area contributed by atoms with Crippen molar-refractivity contribution in [2.45, 2.75) is 31.0 Å².